The molecular formula is C25H21FIrNO3-. The Bertz CT molecular complexity index is 1240. The van der Waals surface area contributed by atoms with Crippen LogP contribution in [-0.4, -0.2) is 15.9 Å². The first kappa shape index (κ1) is 24.2. The second-order valence-electron chi connectivity index (χ2n) is 6.85. The maximum absolute atomic E-state index is 13.7. The molecule has 4 aromatic rings. The molecule has 161 valence electrons. The van der Waals surface area contributed by atoms with Gasteiger partial charge < -0.3 is 9.84 Å². The fraction of sp³-hybridized carbons (Fsp3) is 0.120. The fourth-order valence-electron chi connectivity index (χ4n) is 3.09. The Labute approximate surface area is 193 Å². The predicted molar refractivity (Wildman–Crippen MR) is 116 cm³/mol. The largest absolute Gasteiger partial charge is 0.512 e. The Morgan fingerprint density at radius 3 is 2.48 bits per heavy atom. The van der Waals surface area contributed by atoms with Gasteiger partial charge in [-0.05, 0) is 60.7 Å². The van der Waals surface area contributed by atoms with Gasteiger partial charge in [-0.3, -0.25) is 4.79 Å². The Hall–Kier alpha value is -3.08. The summed E-state index contributed by atoms with van der Waals surface area (Å²) in [6.45, 7) is 4.87. The third-order valence-electron chi connectivity index (χ3n) is 4.29. The first-order valence-corrected chi connectivity index (χ1v) is 9.34. The van der Waals surface area contributed by atoms with E-state index >= 15 is 0 Å². The third-order valence-corrected chi connectivity index (χ3v) is 4.29. The van der Waals surface area contributed by atoms with Crippen molar-refractivity contribution < 1.29 is 39.1 Å². The van der Waals surface area contributed by atoms with E-state index in [9.17, 15) is 9.18 Å². The maximum atomic E-state index is 13.7. The Morgan fingerprint density at radius 2 is 1.87 bits per heavy atom. The molecule has 1 heterocycles. The monoisotopic (exact) mass is 595 g/mol. The third kappa shape index (κ3) is 6.45. The average molecular weight is 595 g/mol. The van der Waals surface area contributed by atoms with Crippen molar-refractivity contribution in [3.63, 3.8) is 0 Å². The van der Waals surface area contributed by atoms with Crippen molar-refractivity contribution in [2.24, 2.45) is 0 Å². The molecule has 4 nitrogen and oxygen atoms in total. The minimum atomic E-state index is -0.250. The quantitative estimate of drug-likeness (QED) is 0.128. The van der Waals surface area contributed by atoms with Gasteiger partial charge in [0.25, 0.3) is 0 Å². The smallest absolute Gasteiger partial charge is 0.217 e. The van der Waals surface area contributed by atoms with E-state index in [4.69, 9.17) is 9.84 Å². The summed E-state index contributed by atoms with van der Waals surface area (Å²) in [5.41, 5.74) is 1.10. The summed E-state index contributed by atoms with van der Waals surface area (Å²) in [6.07, 6.45) is 2.92. The van der Waals surface area contributed by atoms with Crippen LogP contribution in [0.2, 0.25) is 0 Å². The van der Waals surface area contributed by atoms with Crippen LogP contribution in [0, 0.1) is 18.8 Å². The van der Waals surface area contributed by atoms with E-state index < -0.39 is 0 Å². The Morgan fingerprint density at radius 1 is 1.10 bits per heavy atom. The number of halogens is 1. The van der Waals surface area contributed by atoms with Crippen molar-refractivity contribution in [1.29, 1.82) is 0 Å². The molecule has 4 rings (SSSR count). The van der Waals surface area contributed by atoms with Crippen LogP contribution in [0.4, 0.5) is 4.39 Å². The molecule has 0 spiro atoms. The number of aliphatic hydroxyl groups excluding tert-OH is 1. The van der Waals surface area contributed by atoms with E-state index in [-0.39, 0.29) is 37.5 Å². The van der Waals surface area contributed by atoms with Gasteiger partial charge in [0, 0.05) is 49.6 Å². The number of para-hydroxylation sites is 1. The van der Waals surface area contributed by atoms with Gasteiger partial charge in [-0.15, -0.1) is 12.1 Å². The van der Waals surface area contributed by atoms with E-state index in [0.717, 1.165) is 27.1 Å². The van der Waals surface area contributed by atoms with E-state index in [1.54, 1.807) is 18.3 Å². The minimum Gasteiger partial charge on any atom is -0.512 e. The summed E-state index contributed by atoms with van der Waals surface area (Å²) >= 11 is 0. The van der Waals surface area contributed by atoms with Crippen molar-refractivity contribution in [1.82, 2.24) is 4.98 Å². The normalized spacial score (nSPS) is 10.8. The second kappa shape index (κ2) is 10.8. The number of allylic oxidation sites excluding steroid dienone is 2. The van der Waals surface area contributed by atoms with Gasteiger partial charge >= 0.3 is 0 Å². The molecule has 1 N–H and O–H groups in total. The molecule has 0 unspecified atom stereocenters. The molecule has 0 aliphatic carbocycles. The van der Waals surface area contributed by atoms with Gasteiger partial charge in [-0.25, -0.2) is 9.37 Å². The number of carbonyl (C=O) groups excluding carboxylic acids is 1. The van der Waals surface area contributed by atoms with Gasteiger partial charge in [-0.1, -0.05) is 6.07 Å². The molecule has 1 aromatic heterocycles. The average Bonchev–Trinajstić information content (AvgIpc) is 2.69. The molecule has 0 aliphatic rings. The first-order valence-electron chi connectivity index (χ1n) is 9.34. The topological polar surface area (TPSA) is 59.4 Å². The summed E-state index contributed by atoms with van der Waals surface area (Å²) in [7, 11) is 0. The van der Waals surface area contributed by atoms with Crippen LogP contribution in [0.15, 0.2) is 72.6 Å². The van der Waals surface area contributed by atoms with Crippen molar-refractivity contribution in [2.45, 2.75) is 20.8 Å². The zero-order chi connectivity index (χ0) is 21.7. The summed E-state index contributed by atoms with van der Waals surface area (Å²) < 4.78 is 19.4. The maximum Gasteiger partial charge on any atom is 0.217 e. The van der Waals surface area contributed by atoms with Crippen molar-refractivity contribution in [3.05, 3.63) is 90.1 Å². The zero-order valence-electron chi connectivity index (χ0n) is 17.3. The molecule has 0 fully saturated rings. The van der Waals surface area contributed by atoms with Crippen LogP contribution in [0.5, 0.6) is 11.6 Å². The van der Waals surface area contributed by atoms with Gasteiger partial charge in [0.1, 0.15) is 5.82 Å². The number of nitrogens with zero attached hydrogens (tertiary/aromatic N) is 1. The molecule has 0 saturated carbocycles. The molecular weight excluding hydrogens is 573 g/mol. The van der Waals surface area contributed by atoms with Crippen LogP contribution >= 0.6 is 0 Å². The summed E-state index contributed by atoms with van der Waals surface area (Å²) in [4.78, 5) is 14.4. The number of ketones is 1. The number of rotatable bonds is 3. The molecule has 0 amide bonds. The van der Waals surface area contributed by atoms with Gasteiger partial charge in [0.15, 0.2) is 5.78 Å². The number of hydrogen-bond donors (Lipinski definition) is 1. The zero-order valence-corrected chi connectivity index (χ0v) is 19.7. The number of fused-ring (bicyclic) bond motifs is 3. The fourth-order valence-corrected chi connectivity index (χ4v) is 3.09. The molecule has 0 aliphatic heterocycles. The Balaban J connectivity index is 0.000000373. The summed E-state index contributed by atoms with van der Waals surface area (Å²) in [6, 6.07) is 19.1. The number of pyridine rings is 1. The molecule has 31 heavy (non-hydrogen) atoms. The molecule has 0 atom stereocenters. The van der Waals surface area contributed by atoms with E-state index in [0.29, 0.717) is 11.6 Å². The number of hydrogen-bond acceptors (Lipinski definition) is 4. The van der Waals surface area contributed by atoms with Gasteiger partial charge in [0.05, 0.1) is 5.76 Å². The van der Waals surface area contributed by atoms with E-state index in [2.05, 4.69) is 17.1 Å². The number of aliphatic hydroxyl groups is 1. The van der Waals surface area contributed by atoms with Crippen LogP contribution in [-0.2, 0) is 24.9 Å². The standard InChI is InChI=1S/C20H13FNO.C5H8O2.Ir/c1-13-9-14-12-22-20(23-16-5-3-2-4-6-16)11-18(14)19-10-15(21)7-8-17(13)19;1-4(6)3-5(2)7;/h2-5,7-12H,1H3;3,6H,1-2H3;/q-1;;/b;4-3-;. The van der Waals surface area contributed by atoms with Crippen molar-refractivity contribution in [2.75, 3.05) is 0 Å². The predicted octanol–water partition coefficient (Wildman–Crippen LogP) is 6.46. The second-order valence-corrected chi connectivity index (χ2v) is 6.85. The number of benzene rings is 3. The van der Waals surface area contributed by atoms with Crippen LogP contribution in [0.3, 0.4) is 0 Å². The molecule has 1 radical (unpaired) electrons. The number of aryl methyl sites for hydroxylation is 1. The van der Waals surface area contributed by atoms with Crippen molar-refractivity contribution in [3.8, 4) is 11.6 Å². The van der Waals surface area contributed by atoms with E-state index in [1.807, 2.05) is 37.3 Å². The molecule has 3 aromatic carbocycles. The molecule has 0 bridgehead atoms. The summed E-state index contributed by atoms with van der Waals surface area (Å²) in [5, 5.41) is 12.1. The van der Waals surface area contributed by atoms with Crippen LogP contribution in [0.1, 0.15) is 19.4 Å². The van der Waals surface area contributed by atoms with Crippen LogP contribution in [0.25, 0.3) is 21.5 Å². The number of ether oxygens (including phenoxy) is 1. The molecule has 0 saturated heterocycles. The minimum absolute atomic E-state index is 0. The van der Waals surface area contributed by atoms with E-state index in [1.165, 1.54) is 26.0 Å². The SMILES string of the molecule is CC(=O)/C=C(/C)O.Cc1cc2cnc(Oc3[c-]cccc3)cc2c2cc(F)ccc12.[Ir]. The van der Waals surface area contributed by atoms with Crippen LogP contribution < -0.4 is 4.74 Å². The Kier molecular flexibility index (Phi) is 8.43. The molecule has 6 heteroatoms. The first-order chi connectivity index (χ1) is 14.3. The number of carbonyl (C=O) groups is 1. The van der Waals surface area contributed by atoms with Gasteiger partial charge in [-0.2, -0.15) is 18.2 Å². The summed E-state index contributed by atoms with van der Waals surface area (Å²) in [5.74, 6) is 0.754. The van der Waals surface area contributed by atoms with Gasteiger partial charge in [0.2, 0.25) is 5.88 Å². The number of aromatic nitrogens is 1. The van der Waals surface area contributed by atoms with Crippen molar-refractivity contribution >= 4 is 27.3 Å².